The average Bonchev–Trinajstić information content (AvgIpc) is 2.21. The zero-order chi connectivity index (χ0) is 13.1. The quantitative estimate of drug-likeness (QED) is 0.719. The third kappa shape index (κ3) is 4.52. The summed E-state index contributed by atoms with van der Waals surface area (Å²) >= 11 is 3.24. The predicted octanol–water partition coefficient (Wildman–Crippen LogP) is 4.64. The Kier molecular flexibility index (Phi) is 5.35. The molecule has 0 aliphatic carbocycles. The molecule has 0 heterocycles. The lowest BCUT2D eigenvalue weighted by Gasteiger charge is -2.27. The molecule has 0 bridgehead atoms. The number of benzene rings is 1. The van der Waals surface area contributed by atoms with Crippen LogP contribution in [0, 0.1) is 5.82 Å². The molecule has 0 aromatic heterocycles. The largest absolute Gasteiger partial charge is 0.376 e. The molecule has 1 radical (unpaired) electrons. The lowest BCUT2D eigenvalue weighted by atomic mass is 10.2. The molecule has 4 heteroatoms. The summed E-state index contributed by atoms with van der Waals surface area (Å²) in [7, 11) is -0.408. The molecule has 17 heavy (non-hydrogen) atoms. The van der Waals surface area contributed by atoms with Crippen LogP contribution in [0.25, 0.3) is 0 Å². The number of ether oxygens (including phenoxy) is 1. The van der Waals surface area contributed by atoms with E-state index in [4.69, 9.17) is 4.74 Å². The van der Waals surface area contributed by atoms with E-state index < -0.39 is 8.80 Å². The molecule has 0 spiro atoms. The molecule has 1 rings (SSSR count). The van der Waals surface area contributed by atoms with Crippen molar-refractivity contribution in [2.24, 2.45) is 0 Å². The van der Waals surface area contributed by atoms with Crippen LogP contribution in [0.1, 0.15) is 19.4 Å². The molecule has 1 aromatic carbocycles. The molecule has 95 valence electrons. The van der Waals surface area contributed by atoms with Crippen molar-refractivity contribution >= 4 is 24.7 Å². The maximum absolute atomic E-state index is 13.5. The van der Waals surface area contributed by atoms with Crippen LogP contribution >= 0.6 is 15.9 Å². The summed E-state index contributed by atoms with van der Waals surface area (Å²) in [6.45, 7) is 9.99. The van der Waals surface area contributed by atoms with Crippen molar-refractivity contribution in [3.05, 3.63) is 34.1 Å². The van der Waals surface area contributed by atoms with Gasteiger partial charge in [0.2, 0.25) is 0 Å². The minimum atomic E-state index is -0.408. The monoisotopic (exact) mass is 317 g/mol. The standard InChI is InChI=1S/C13H19BrFOSi/c1-13(2,17(3)4)9-16-8-10-5-6-11(14)7-12(10)15/h5-7H,8-9H2,1-4H3. The Labute approximate surface area is 113 Å². The highest BCUT2D eigenvalue weighted by Crippen LogP contribution is 2.28. The number of hydrogen-bond donors (Lipinski definition) is 0. The molecule has 0 amide bonds. The first-order valence-electron chi connectivity index (χ1n) is 5.65. The van der Waals surface area contributed by atoms with Crippen LogP contribution in [-0.4, -0.2) is 15.4 Å². The van der Waals surface area contributed by atoms with Crippen LogP contribution in [0.5, 0.6) is 0 Å². The van der Waals surface area contributed by atoms with Gasteiger partial charge < -0.3 is 4.74 Å². The van der Waals surface area contributed by atoms with E-state index in [9.17, 15) is 4.39 Å². The van der Waals surface area contributed by atoms with Gasteiger partial charge in [0.05, 0.1) is 15.4 Å². The van der Waals surface area contributed by atoms with Crippen molar-refractivity contribution in [3.8, 4) is 0 Å². The second-order valence-corrected chi connectivity index (χ2v) is 9.38. The summed E-state index contributed by atoms with van der Waals surface area (Å²) in [4.78, 5) is 0. The van der Waals surface area contributed by atoms with Crippen LogP contribution < -0.4 is 0 Å². The van der Waals surface area contributed by atoms with Crippen molar-refractivity contribution in [1.29, 1.82) is 0 Å². The Morgan fingerprint density at radius 1 is 1.35 bits per heavy atom. The van der Waals surface area contributed by atoms with Gasteiger partial charge in [-0.3, -0.25) is 0 Å². The van der Waals surface area contributed by atoms with Crippen LogP contribution in [0.15, 0.2) is 22.7 Å². The molecule has 0 N–H and O–H groups in total. The van der Waals surface area contributed by atoms with Crippen LogP contribution in [-0.2, 0) is 11.3 Å². The number of hydrogen-bond acceptors (Lipinski definition) is 1. The highest BCUT2D eigenvalue weighted by Gasteiger charge is 2.23. The van der Waals surface area contributed by atoms with Gasteiger partial charge in [0.15, 0.2) is 0 Å². The zero-order valence-corrected chi connectivity index (χ0v) is 13.4. The summed E-state index contributed by atoms with van der Waals surface area (Å²) in [6, 6.07) is 5.07. The Morgan fingerprint density at radius 2 is 2.00 bits per heavy atom. The van der Waals surface area contributed by atoms with Gasteiger partial charge >= 0.3 is 0 Å². The minimum absolute atomic E-state index is 0.212. The van der Waals surface area contributed by atoms with Crippen LogP contribution in [0.4, 0.5) is 4.39 Å². The van der Waals surface area contributed by atoms with Gasteiger partial charge in [-0.1, -0.05) is 48.9 Å². The van der Waals surface area contributed by atoms with Gasteiger partial charge in [0.1, 0.15) is 5.82 Å². The molecule has 1 aromatic rings. The van der Waals surface area contributed by atoms with E-state index in [0.29, 0.717) is 18.8 Å². The summed E-state index contributed by atoms with van der Waals surface area (Å²) < 4.78 is 19.9. The maximum Gasteiger partial charge on any atom is 0.129 e. The smallest absolute Gasteiger partial charge is 0.129 e. The highest BCUT2D eigenvalue weighted by atomic mass is 79.9. The third-order valence-corrected chi connectivity index (χ3v) is 6.43. The fourth-order valence-corrected chi connectivity index (χ4v) is 1.92. The van der Waals surface area contributed by atoms with Crippen molar-refractivity contribution in [1.82, 2.24) is 0 Å². The zero-order valence-electron chi connectivity index (χ0n) is 10.8. The molecule has 0 aliphatic rings. The van der Waals surface area contributed by atoms with Crippen LogP contribution in [0.2, 0.25) is 18.1 Å². The van der Waals surface area contributed by atoms with E-state index in [1.165, 1.54) is 6.07 Å². The number of halogens is 2. The molecule has 0 fully saturated rings. The molecule has 1 nitrogen and oxygen atoms in total. The number of rotatable bonds is 5. The Bertz CT molecular complexity index is 380. The Hall–Kier alpha value is -0.193. The minimum Gasteiger partial charge on any atom is -0.376 e. The fraction of sp³-hybridized carbons (Fsp3) is 0.538. The van der Waals surface area contributed by atoms with E-state index in [1.807, 2.05) is 6.07 Å². The molecule has 0 saturated carbocycles. The molecule has 0 unspecified atom stereocenters. The Balaban J connectivity index is 2.51. The van der Waals surface area contributed by atoms with Gasteiger partial charge in [-0.15, -0.1) is 0 Å². The normalized spacial score (nSPS) is 12.2. The third-order valence-electron chi connectivity index (χ3n) is 3.09. The summed E-state index contributed by atoms with van der Waals surface area (Å²) in [5, 5.41) is 0.219. The van der Waals surface area contributed by atoms with Crippen LogP contribution in [0.3, 0.4) is 0 Å². The molecule has 0 aliphatic heterocycles. The summed E-state index contributed by atoms with van der Waals surface area (Å²) in [6.07, 6.45) is 0. The maximum atomic E-state index is 13.5. The lowest BCUT2D eigenvalue weighted by Crippen LogP contribution is -2.26. The van der Waals surface area contributed by atoms with Gasteiger partial charge in [-0.2, -0.15) is 0 Å². The lowest BCUT2D eigenvalue weighted by molar-refractivity contribution is 0.0985. The highest BCUT2D eigenvalue weighted by molar-refractivity contribution is 9.10. The molecule has 0 saturated heterocycles. The van der Waals surface area contributed by atoms with Gasteiger partial charge in [0, 0.05) is 16.6 Å². The van der Waals surface area contributed by atoms with Gasteiger partial charge in [-0.05, 0) is 17.2 Å². The molecular weight excluding hydrogens is 299 g/mol. The van der Waals surface area contributed by atoms with Crippen molar-refractivity contribution < 1.29 is 9.13 Å². The van der Waals surface area contributed by atoms with Crippen molar-refractivity contribution in [3.63, 3.8) is 0 Å². The first kappa shape index (κ1) is 14.9. The van der Waals surface area contributed by atoms with Crippen molar-refractivity contribution in [2.75, 3.05) is 6.61 Å². The summed E-state index contributed by atoms with van der Waals surface area (Å²) in [5.41, 5.74) is 0.616. The second kappa shape index (κ2) is 6.11. The molecular formula is C13H19BrFOSi. The summed E-state index contributed by atoms with van der Waals surface area (Å²) in [5.74, 6) is -0.212. The van der Waals surface area contributed by atoms with E-state index in [1.54, 1.807) is 6.07 Å². The van der Waals surface area contributed by atoms with Gasteiger partial charge in [-0.25, -0.2) is 4.39 Å². The second-order valence-electron chi connectivity index (χ2n) is 5.11. The first-order valence-corrected chi connectivity index (χ1v) is 8.94. The SMILES string of the molecule is C[Si](C)C(C)(C)COCc1ccc(Br)cc1F. The van der Waals surface area contributed by atoms with E-state index in [2.05, 4.69) is 42.9 Å². The first-order chi connectivity index (χ1) is 7.83. The average molecular weight is 318 g/mol. The van der Waals surface area contributed by atoms with E-state index in [-0.39, 0.29) is 10.9 Å². The van der Waals surface area contributed by atoms with Gasteiger partial charge in [0.25, 0.3) is 0 Å². The van der Waals surface area contributed by atoms with E-state index >= 15 is 0 Å². The van der Waals surface area contributed by atoms with E-state index in [0.717, 1.165) is 4.47 Å². The molecule has 0 atom stereocenters. The fourth-order valence-electron chi connectivity index (χ4n) is 1.20. The topological polar surface area (TPSA) is 9.23 Å². The van der Waals surface area contributed by atoms with Crippen molar-refractivity contribution in [2.45, 2.75) is 38.6 Å². The predicted molar refractivity (Wildman–Crippen MR) is 75.3 cm³/mol. The Morgan fingerprint density at radius 3 is 2.53 bits per heavy atom.